The van der Waals surface area contributed by atoms with Crippen LogP contribution in [0.2, 0.25) is 5.02 Å². The van der Waals surface area contributed by atoms with Crippen molar-refractivity contribution in [1.29, 1.82) is 0 Å². The molecule has 0 bridgehead atoms. The molecule has 6 nitrogen and oxygen atoms in total. The second kappa shape index (κ2) is 6.14. The van der Waals surface area contributed by atoms with Crippen LogP contribution in [0.3, 0.4) is 0 Å². The number of anilines is 2. The summed E-state index contributed by atoms with van der Waals surface area (Å²) < 4.78 is 39.9. The van der Waals surface area contributed by atoms with Gasteiger partial charge in [-0.3, -0.25) is 4.72 Å². The maximum atomic E-state index is 13.1. The number of nitrogens with zero attached hydrogens (tertiary/aromatic N) is 1. The van der Waals surface area contributed by atoms with Gasteiger partial charge < -0.3 is 5.43 Å². The lowest BCUT2D eigenvalue weighted by atomic mass is 10.3. The third-order valence-electron chi connectivity index (χ3n) is 2.43. The Kier molecular flexibility index (Phi) is 4.67. The quantitative estimate of drug-likeness (QED) is 0.546. The van der Waals surface area contributed by atoms with Crippen LogP contribution in [-0.2, 0) is 10.0 Å². The van der Waals surface area contributed by atoms with Gasteiger partial charge in [-0.2, -0.15) is 0 Å². The monoisotopic (exact) mass is 394 g/mol. The number of nitrogens with one attached hydrogen (secondary N) is 2. The van der Waals surface area contributed by atoms with Crippen molar-refractivity contribution in [3.8, 4) is 0 Å². The van der Waals surface area contributed by atoms with Crippen molar-refractivity contribution in [2.45, 2.75) is 4.90 Å². The molecule has 0 aliphatic carbocycles. The number of nitrogen functional groups attached to an aromatic ring is 1. The van der Waals surface area contributed by atoms with Gasteiger partial charge in [0.15, 0.2) is 5.82 Å². The summed E-state index contributed by atoms with van der Waals surface area (Å²) in [5.74, 6) is 4.82. The Morgan fingerprint density at radius 1 is 1.33 bits per heavy atom. The molecule has 1 heterocycles. The van der Waals surface area contributed by atoms with Gasteiger partial charge >= 0.3 is 0 Å². The average Bonchev–Trinajstić information content (AvgIpc) is 2.42. The molecule has 0 aliphatic heterocycles. The summed E-state index contributed by atoms with van der Waals surface area (Å²) in [5.41, 5.74) is 2.43. The van der Waals surface area contributed by atoms with E-state index >= 15 is 0 Å². The van der Waals surface area contributed by atoms with E-state index in [2.05, 4.69) is 31.1 Å². The highest BCUT2D eigenvalue weighted by Crippen LogP contribution is 2.25. The maximum absolute atomic E-state index is 13.1. The number of hydrogen-bond donors (Lipinski definition) is 3. The molecule has 1 aromatic carbocycles. The summed E-state index contributed by atoms with van der Waals surface area (Å²) in [7, 11) is -3.90. The highest BCUT2D eigenvalue weighted by molar-refractivity contribution is 9.10. The first-order valence-electron chi connectivity index (χ1n) is 5.43. The number of hydrogen-bond acceptors (Lipinski definition) is 5. The van der Waals surface area contributed by atoms with E-state index in [1.165, 1.54) is 18.2 Å². The summed E-state index contributed by atoms with van der Waals surface area (Å²) in [6.45, 7) is 0. The van der Waals surface area contributed by atoms with Gasteiger partial charge in [-0.05, 0) is 40.2 Å². The largest absolute Gasteiger partial charge is 0.307 e. The van der Waals surface area contributed by atoms with Gasteiger partial charge in [-0.1, -0.05) is 11.6 Å². The van der Waals surface area contributed by atoms with Crippen LogP contribution in [-0.4, -0.2) is 13.4 Å². The Morgan fingerprint density at radius 2 is 2.05 bits per heavy atom. The molecule has 0 amide bonds. The summed E-state index contributed by atoms with van der Waals surface area (Å²) in [6, 6.07) is 4.93. The molecule has 2 rings (SSSR count). The van der Waals surface area contributed by atoms with Crippen LogP contribution in [0, 0.1) is 5.82 Å². The smallest absolute Gasteiger partial charge is 0.263 e. The molecule has 112 valence electrons. The van der Waals surface area contributed by atoms with Crippen molar-refractivity contribution in [2.24, 2.45) is 5.84 Å². The van der Waals surface area contributed by atoms with Gasteiger partial charge in [-0.25, -0.2) is 23.6 Å². The third-order valence-corrected chi connectivity index (χ3v) is 4.68. The number of pyridine rings is 1. The Hall–Kier alpha value is -1.42. The molecule has 4 N–H and O–H groups in total. The Labute approximate surface area is 133 Å². The summed E-state index contributed by atoms with van der Waals surface area (Å²) >= 11 is 8.81. The van der Waals surface area contributed by atoms with Crippen LogP contribution >= 0.6 is 27.5 Å². The van der Waals surface area contributed by atoms with Gasteiger partial charge in [-0.15, -0.1) is 0 Å². The van der Waals surface area contributed by atoms with Crippen molar-refractivity contribution < 1.29 is 12.8 Å². The molecule has 10 heteroatoms. The second-order valence-electron chi connectivity index (χ2n) is 3.88. The molecule has 0 spiro atoms. The van der Waals surface area contributed by atoms with Crippen molar-refractivity contribution in [2.75, 3.05) is 10.1 Å². The summed E-state index contributed by atoms with van der Waals surface area (Å²) in [4.78, 5) is 3.63. The minimum atomic E-state index is -3.90. The molecule has 1 aromatic heterocycles. The molecule has 0 unspecified atom stereocenters. The molecule has 0 atom stereocenters. The zero-order valence-electron chi connectivity index (χ0n) is 10.3. The topological polar surface area (TPSA) is 97.1 Å². The lowest BCUT2D eigenvalue weighted by Gasteiger charge is -2.10. The highest BCUT2D eigenvalue weighted by Gasteiger charge is 2.17. The van der Waals surface area contributed by atoms with E-state index in [1.54, 1.807) is 0 Å². The predicted molar refractivity (Wildman–Crippen MR) is 82.0 cm³/mol. The Morgan fingerprint density at radius 3 is 2.62 bits per heavy atom. The first-order chi connectivity index (χ1) is 9.83. The number of nitrogens with two attached hydrogens (primary N) is 1. The average molecular weight is 396 g/mol. The number of rotatable bonds is 4. The number of halogens is 3. The molecule has 0 fully saturated rings. The fourth-order valence-electron chi connectivity index (χ4n) is 1.45. The number of benzene rings is 1. The van der Waals surface area contributed by atoms with E-state index in [-0.39, 0.29) is 25.9 Å². The minimum absolute atomic E-state index is 0.0562. The normalized spacial score (nSPS) is 11.2. The van der Waals surface area contributed by atoms with Crippen LogP contribution in [0.4, 0.5) is 15.9 Å². The van der Waals surface area contributed by atoms with Gasteiger partial charge in [0.2, 0.25) is 0 Å². The molecule has 2 aromatic rings. The van der Waals surface area contributed by atoms with Gasteiger partial charge in [0.25, 0.3) is 10.0 Å². The van der Waals surface area contributed by atoms with Gasteiger partial charge in [0.1, 0.15) is 10.7 Å². The molecule has 0 radical (unpaired) electrons. The molecule has 0 saturated heterocycles. The predicted octanol–water partition coefficient (Wildman–Crippen LogP) is 2.72. The molecule has 0 saturated carbocycles. The Balaban J connectivity index is 2.33. The van der Waals surface area contributed by atoms with E-state index in [4.69, 9.17) is 17.4 Å². The lowest BCUT2D eigenvalue weighted by Crippen LogP contribution is -2.15. The van der Waals surface area contributed by atoms with Crippen molar-refractivity contribution in [1.82, 2.24) is 4.98 Å². The van der Waals surface area contributed by atoms with Crippen molar-refractivity contribution in [3.05, 3.63) is 45.8 Å². The van der Waals surface area contributed by atoms with E-state index in [0.717, 1.165) is 12.3 Å². The summed E-state index contributed by atoms with van der Waals surface area (Å²) in [6.07, 6.45) is 1.10. The zero-order chi connectivity index (χ0) is 15.6. The Bertz CT molecular complexity index is 788. The summed E-state index contributed by atoms with van der Waals surface area (Å²) in [5, 5.41) is 0.0562. The molecule has 0 aliphatic rings. The van der Waals surface area contributed by atoms with Crippen LogP contribution in [0.25, 0.3) is 0 Å². The molecule has 21 heavy (non-hydrogen) atoms. The highest BCUT2D eigenvalue weighted by atomic mass is 79.9. The van der Waals surface area contributed by atoms with E-state index in [9.17, 15) is 12.8 Å². The van der Waals surface area contributed by atoms with E-state index < -0.39 is 15.8 Å². The van der Waals surface area contributed by atoms with Crippen molar-refractivity contribution in [3.63, 3.8) is 0 Å². The first-order valence-corrected chi connectivity index (χ1v) is 8.09. The van der Waals surface area contributed by atoms with Crippen LogP contribution < -0.4 is 16.0 Å². The van der Waals surface area contributed by atoms with Gasteiger partial charge in [0, 0.05) is 6.20 Å². The van der Waals surface area contributed by atoms with Crippen molar-refractivity contribution >= 4 is 49.1 Å². The van der Waals surface area contributed by atoms with Gasteiger partial charge in [0.05, 0.1) is 15.2 Å². The van der Waals surface area contributed by atoms with E-state index in [0.29, 0.717) is 0 Å². The minimum Gasteiger partial charge on any atom is -0.307 e. The molecular weight excluding hydrogens is 387 g/mol. The first kappa shape index (κ1) is 16.0. The van der Waals surface area contributed by atoms with Crippen LogP contribution in [0.15, 0.2) is 39.8 Å². The maximum Gasteiger partial charge on any atom is 0.263 e. The number of aromatic nitrogens is 1. The zero-order valence-corrected chi connectivity index (χ0v) is 13.4. The standard InChI is InChI=1S/C11H9BrClFN4O2S/c12-8-3-6(1-2-10(8)14)18-21(19,20)7-4-9(13)11(17-15)16-5-7/h1-5,18H,15H2,(H,16,17). The molecular formula is C11H9BrClFN4O2S. The second-order valence-corrected chi connectivity index (χ2v) is 6.82. The number of sulfonamides is 1. The third kappa shape index (κ3) is 3.62. The van der Waals surface area contributed by atoms with E-state index in [1.807, 2.05) is 0 Å². The lowest BCUT2D eigenvalue weighted by molar-refractivity contribution is 0.600. The number of hydrazine groups is 1. The van der Waals surface area contributed by atoms with Crippen LogP contribution in [0.5, 0.6) is 0 Å². The fraction of sp³-hybridized carbons (Fsp3) is 0. The SMILES string of the molecule is NNc1ncc(S(=O)(=O)Nc2ccc(F)c(Br)c2)cc1Cl. The fourth-order valence-corrected chi connectivity index (χ4v) is 3.13. The van der Waals surface area contributed by atoms with Crippen LogP contribution in [0.1, 0.15) is 0 Å².